The van der Waals surface area contributed by atoms with Crippen LogP contribution in [0.15, 0.2) is 18.2 Å². The summed E-state index contributed by atoms with van der Waals surface area (Å²) < 4.78 is 0. The monoisotopic (exact) mass is 258 g/mol. The Bertz CT molecular complexity index is 455. The molecule has 2 bridgehead atoms. The van der Waals surface area contributed by atoms with Crippen molar-refractivity contribution >= 4 is 5.69 Å². The number of nitrogen functional groups attached to an aromatic ring is 1. The molecule has 3 atom stereocenters. The van der Waals surface area contributed by atoms with Crippen molar-refractivity contribution in [2.45, 2.75) is 39.2 Å². The van der Waals surface area contributed by atoms with Crippen LogP contribution in [0.1, 0.15) is 36.8 Å². The summed E-state index contributed by atoms with van der Waals surface area (Å²) in [7, 11) is 2.26. The molecule has 2 heteroatoms. The lowest BCUT2D eigenvalue weighted by Gasteiger charge is -2.27. The standard InChI is InChI=1S/C17H26N2/c1-12-15(4-3-5-17(12)18)10-19(2)11-16-9-13-6-7-14(16)8-13/h3-5,13-14,16H,6-11,18H2,1-2H3. The molecule has 3 unspecified atom stereocenters. The Morgan fingerprint density at radius 3 is 2.79 bits per heavy atom. The van der Waals surface area contributed by atoms with Crippen LogP contribution < -0.4 is 5.73 Å². The molecule has 2 aliphatic carbocycles. The number of nitrogens with zero attached hydrogens (tertiary/aromatic N) is 1. The smallest absolute Gasteiger partial charge is 0.0346 e. The second-order valence-corrected chi connectivity index (χ2v) is 6.76. The predicted molar refractivity (Wildman–Crippen MR) is 80.9 cm³/mol. The lowest BCUT2D eigenvalue weighted by Crippen LogP contribution is -2.28. The van der Waals surface area contributed by atoms with Gasteiger partial charge in [0.2, 0.25) is 0 Å². The fourth-order valence-electron chi connectivity index (χ4n) is 4.23. The SMILES string of the molecule is Cc1c(N)cccc1CN(C)CC1CC2CCC1C2. The molecule has 0 saturated heterocycles. The van der Waals surface area contributed by atoms with Crippen molar-refractivity contribution in [1.82, 2.24) is 4.90 Å². The first-order chi connectivity index (χ1) is 9.13. The number of nitrogens with two attached hydrogens (primary N) is 1. The van der Waals surface area contributed by atoms with E-state index in [1.807, 2.05) is 6.07 Å². The van der Waals surface area contributed by atoms with E-state index in [1.165, 1.54) is 43.4 Å². The minimum absolute atomic E-state index is 0.922. The Kier molecular flexibility index (Phi) is 3.53. The van der Waals surface area contributed by atoms with Gasteiger partial charge in [-0.3, -0.25) is 0 Å². The number of hydrogen-bond acceptors (Lipinski definition) is 2. The zero-order chi connectivity index (χ0) is 13.4. The van der Waals surface area contributed by atoms with Gasteiger partial charge in [0.05, 0.1) is 0 Å². The molecule has 0 aliphatic heterocycles. The van der Waals surface area contributed by atoms with Gasteiger partial charge >= 0.3 is 0 Å². The average molecular weight is 258 g/mol. The first kappa shape index (κ1) is 13.0. The third-order valence-electron chi connectivity index (χ3n) is 5.36. The van der Waals surface area contributed by atoms with E-state index in [0.29, 0.717) is 0 Å². The van der Waals surface area contributed by atoms with Crippen molar-refractivity contribution in [3.63, 3.8) is 0 Å². The number of anilines is 1. The van der Waals surface area contributed by atoms with Crippen molar-refractivity contribution in [1.29, 1.82) is 0 Å². The van der Waals surface area contributed by atoms with E-state index in [2.05, 4.69) is 31.0 Å². The molecule has 2 saturated carbocycles. The van der Waals surface area contributed by atoms with Crippen molar-refractivity contribution in [3.05, 3.63) is 29.3 Å². The summed E-state index contributed by atoms with van der Waals surface area (Å²) in [4.78, 5) is 2.49. The minimum Gasteiger partial charge on any atom is -0.399 e. The third-order valence-corrected chi connectivity index (χ3v) is 5.36. The molecule has 19 heavy (non-hydrogen) atoms. The zero-order valence-electron chi connectivity index (χ0n) is 12.2. The van der Waals surface area contributed by atoms with Gasteiger partial charge in [-0.05, 0) is 68.2 Å². The van der Waals surface area contributed by atoms with E-state index in [0.717, 1.165) is 30.0 Å². The Labute approximate surface area is 117 Å². The van der Waals surface area contributed by atoms with Gasteiger partial charge in [-0.15, -0.1) is 0 Å². The van der Waals surface area contributed by atoms with E-state index in [9.17, 15) is 0 Å². The van der Waals surface area contributed by atoms with Crippen molar-refractivity contribution in [2.24, 2.45) is 17.8 Å². The van der Waals surface area contributed by atoms with Crippen molar-refractivity contribution in [3.8, 4) is 0 Å². The largest absolute Gasteiger partial charge is 0.399 e. The molecule has 0 aromatic heterocycles. The van der Waals surface area contributed by atoms with Gasteiger partial charge in [0.25, 0.3) is 0 Å². The first-order valence-electron chi connectivity index (χ1n) is 7.66. The average Bonchev–Trinajstić information content (AvgIpc) is 2.97. The number of hydrogen-bond donors (Lipinski definition) is 1. The van der Waals surface area contributed by atoms with Crippen LogP contribution in [0.5, 0.6) is 0 Å². The van der Waals surface area contributed by atoms with Crippen LogP contribution in [0.25, 0.3) is 0 Å². The molecule has 0 heterocycles. The highest BCUT2D eigenvalue weighted by Crippen LogP contribution is 2.48. The summed E-state index contributed by atoms with van der Waals surface area (Å²) in [5.41, 5.74) is 9.55. The number of fused-ring (bicyclic) bond motifs is 2. The summed E-state index contributed by atoms with van der Waals surface area (Å²) in [5, 5.41) is 0. The topological polar surface area (TPSA) is 29.3 Å². The van der Waals surface area contributed by atoms with Gasteiger partial charge in [-0.2, -0.15) is 0 Å². The maximum absolute atomic E-state index is 5.99. The normalized spacial score (nSPS) is 29.3. The lowest BCUT2D eigenvalue weighted by atomic mass is 9.88. The van der Waals surface area contributed by atoms with Crippen LogP contribution in [-0.2, 0) is 6.54 Å². The molecule has 2 nitrogen and oxygen atoms in total. The van der Waals surface area contributed by atoms with Gasteiger partial charge in [-0.25, -0.2) is 0 Å². The first-order valence-corrected chi connectivity index (χ1v) is 7.66. The van der Waals surface area contributed by atoms with Crippen molar-refractivity contribution < 1.29 is 0 Å². The van der Waals surface area contributed by atoms with Crippen LogP contribution in [-0.4, -0.2) is 18.5 Å². The molecule has 0 radical (unpaired) electrons. The Morgan fingerprint density at radius 2 is 2.11 bits per heavy atom. The van der Waals surface area contributed by atoms with Gasteiger partial charge < -0.3 is 10.6 Å². The van der Waals surface area contributed by atoms with E-state index in [4.69, 9.17) is 5.73 Å². The second kappa shape index (κ2) is 5.16. The highest BCUT2D eigenvalue weighted by atomic mass is 15.1. The van der Waals surface area contributed by atoms with Gasteiger partial charge in [-0.1, -0.05) is 18.6 Å². The van der Waals surface area contributed by atoms with Crippen LogP contribution in [0.2, 0.25) is 0 Å². The predicted octanol–water partition coefficient (Wildman–Crippen LogP) is 3.45. The molecule has 1 aromatic carbocycles. The maximum Gasteiger partial charge on any atom is 0.0346 e. The fourth-order valence-corrected chi connectivity index (χ4v) is 4.23. The quantitative estimate of drug-likeness (QED) is 0.838. The Hall–Kier alpha value is -1.02. The lowest BCUT2D eigenvalue weighted by molar-refractivity contribution is 0.214. The van der Waals surface area contributed by atoms with Crippen molar-refractivity contribution in [2.75, 3.05) is 19.3 Å². The summed E-state index contributed by atoms with van der Waals surface area (Å²) >= 11 is 0. The maximum atomic E-state index is 5.99. The summed E-state index contributed by atoms with van der Waals surface area (Å²) in [5.74, 6) is 3.03. The molecule has 104 valence electrons. The molecule has 0 amide bonds. The fraction of sp³-hybridized carbons (Fsp3) is 0.647. The van der Waals surface area contributed by atoms with E-state index in [1.54, 1.807) is 0 Å². The van der Waals surface area contributed by atoms with E-state index in [-0.39, 0.29) is 0 Å². The molecule has 0 spiro atoms. The third kappa shape index (κ3) is 2.64. The highest BCUT2D eigenvalue weighted by Gasteiger charge is 2.39. The van der Waals surface area contributed by atoms with Gasteiger partial charge in [0, 0.05) is 18.8 Å². The molecule has 2 N–H and O–H groups in total. The summed E-state index contributed by atoms with van der Waals surface area (Å²) in [6.45, 7) is 4.43. The van der Waals surface area contributed by atoms with Gasteiger partial charge in [0.1, 0.15) is 0 Å². The van der Waals surface area contributed by atoms with Crippen LogP contribution in [0, 0.1) is 24.7 Å². The highest BCUT2D eigenvalue weighted by molar-refractivity contribution is 5.49. The van der Waals surface area contributed by atoms with E-state index >= 15 is 0 Å². The Morgan fingerprint density at radius 1 is 1.26 bits per heavy atom. The second-order valence-electron chi connectivity index (χ2n) is 6.76. The van der Waals surface area contributed by atoms with Crippen LogP contribution in [0.4, 0.5) is 5.69 Å². The van der Waals surface area contributed by atoms with Gasteiger partial charge in [0.15, 0.2) is 0 Å². The zero-order valence-corrected chi connectivity index (χ0v) is 12.2. The van der Waals surface area contributed by atoms with E-state index < -0.39 is 0 Å². The molecule has 1 aromatic rings. The van der Waals surface area contributed by atoms with Crippen LogP contribution >= 0.6 is 0 Å². The van der Waals surface area contributed by atoms with Crippen LogP contribution in [0.3, 0.4) is 0 Å². The minimum atomic E-state index is 0.922. The number of rotatable bonds is 4. The summed E-state index contributed by atoms with van der Waals surface area (Å²) in [6, 6.07) is 6.28. The summed E-state index contributed by atoms with van der Waals surface area (Å²) in [6.07, 6.45) is 5.97. The Balaban J connectivity index is 1.59. The molecule has 2 aliphatic rings. The molecule has 3 rings (SSSR count). The number of benzene rings is 1. The molecule has 2 fully saturated rings. The molecular formula is C17H26N2. The molecular weight excluding hydrogens is 232 g/mol.